The highest BCUT2D eigenvalue weighted by Crippen LogP contribution is 2.24. The average Bonchev–Trinajstić information content (AvgIpc) is 3.19. The van der Waals surface area contributed by atoms with Crippen molar-refractivity contribution >= 4 is 23.8 Å². The number of hydrogen-bond acceptors (Lipinski definition) is 5. The Balaban J connectivity index is 1.94. The van der Waals surface area contributed by atoms with E-state index >= 15 is 0 Å². The Morgan fingerprint density at radius 3 is 2.44 bits per heavy atom. The van der Waals surface area contributed by atoms with Crippen molar-refractivity contribution < 1.29 is 29.4 Å². The second kappa shape index (κ2) is 7.68. The van der Waals surface area contributed by atoms with E-state index < -0.39 is 42.0 Å². The molecule has 2 heterocycles. The number of nitrogens with zero attached hydrogens (tertiary/aromatic N) is 2. The molecule has 10 heteroatoms. The number of nitrogens with two attached hydrogens (primary N) is 1. The molecule has 10 nitrogen and oxygen atoms in total. The molecule has 2 aliphatic rings. The summed E-state index contributed by atoms with van der Waals surface area (Å²) >= 11 is 0. The van der Waals surface area contributed by atoms with Crippen molar-refractivity contribution in [3.63, 3.8) is 0 Å². The molecule has 0 saturated carbocycles. The van der Waals surface area contributed by atoms with Gasteiger partial charge in [-0.1, -0.05) is 0 Å². The van der Waals surface area contributed by atoms with E-state index in [1.54, 1.807) is 0 Å². The van der Waals surface area contributed by atoms with Gasteiger partial charge >= 0.3 is 6.09 Å². The molecule has 2 rings (SSSR count). The number of rotatable bonds is 5. The quantitative estimate of drug-likeness (QED) is 0.462. The summed E-state index contributed by atoms with van der Waals surface area (Å²) in [6.45, 7) is 2.18. The van der Waals surface area contributed by atoms with Crippen molar-refractivity contribution in [3.8, 4) is 0 Å². The number of hydrogen-bond donors (Lipinski definition) is 4. The highest BCUT2D eigenvalue weighted by molar-refractivity contribution is 5.90. The van der Waals surface area contributed by atoms with Gasteiger partial charge in [0.05, 0.1) is 12.0 Å². The van der Waals surface area contributed by atoms with Gasteiger partial charge in [-0.05, 0) is 26.2 Å². The van der Waals surface area contributed by atoms with E-state index in [-0.39, 0.29) is 12.5 Å². The van der Waals surface area contributed by atoms with Gasteiger partial charge in [-0.15, -0.1) is 0 Å². The number of carbonyl (C=O) groups excluding carboxylic acids is 3. The molecule has 25 heavy (non-hydrogen) atoms. The first-order chi connectivity index (χ1) is 11.7. The van der Waals surface area contributed by atoms with Crippen molar-refractivity contribution in [1.29, 1.82) is 0 Å². The van der Waals surface area contributed by atoms with Gasteiger partial charge in [-0.2, -0.15) is 0 Å². The Morgan fingerprint density at radius 1 is 1.20 bits per heavy atom. The Labute approximate surface area is 144 Å². The van der Waals surface area contributed by atoms with Crippen LogP contribution in [0.2, 0.25) is 0 Å². The molecule has 0 unspecified atom stereocenters. The lowest BCUT2D eigenvalue weighted by Gasteiger charge is -2.26. The van der Waals surface area contributed by atoms with Gasteiger partial charge in [0.1, 0.15) is 12.1 Å². The molecule has 0 aromatic rings. The number of nitrogens with one attached hydrogen (secondary N) is 1. The summed E-state index contributed by atoms with van der Waals surface area (Å²) in [5, 5.41) is 21.0. The van der Waals surface area contributed by atoms with E-state index in [9.17, 15) is 24.3 Å². The van der Waals surface area contributed by atoms with E-state index in [1.807, 2.05) is 0 Å². The molecule has 0 aliphatic carbocycles. The molecular weight excluding hydrogens is 332 g/mol. The molecule has 2 aliphatic heterocycles. The molecule has 2 saturated heterocycles. The number of carboxylic acid groups (broad SMARTS) is 1. The number of aliphatic hydroxyl groups excluding tert-OH is 1. The lowest BCUT2D eigenvalue weighted by molar-refractivity contribution is -0.135. The molecule has 140 valence electrons. The van der Waals surface area contributed by atoms with Crippen LogP contribution in [0.15, 0.2) is 0 Å². The number of amides is 4. The van der Waals surface area contributed by atoms with Gasteiger partial charge in [0.15, 0.2) is 0 Å². The maximum atomic E-state index is 12.5. The Morgan fingerprint density at radius 2 is 1.88 bits per heavy atom. The van der Waals surface area contributed by atoms with Crippen LogP contribution < -0.4 is 11.1 Å². The van der Waals surface area contributed by atoms with E-state index in [0.29, 0.717) is 32.4 Å². The molecule has 0 bridgehead atoms. The minimum Gasteiger partial charge on any atom is -0.465 e. The first-order valence-corrected chi connectivity index (χ1v) is 8.28. The molecule has 4 amide bonds. The standard InChI is InChI=1S/C15H24N4O6/c1-8(20)11(12(16)21)17-13(22)9-4-6-18(7-9)14(23)10-3-2-5-19(10)15(24)25/h8-11,20H,2-7H2,1H3,(H2,16,21)(H,17,22)(H,24,25)/t8-,9+,10-,11+/m1/s1. The molecule has 0 spiro atoms. The van der Waals surface area contributed by atoms with Gasteiger partial charge in [0.2, 0.25) is 17.7 Å². The van der Waals surface area contributed by atoms with Gasteiger partial charge in [-0.3, -0.25) is 19.3 Å². The number of primary amides is 1. The second-order valence-corrected chi connectivity index (χ2v) is 6.53. The summed E-state index contributed by atoms with van der Waals surface area (Å²) in [7, 11) is 0. The molecule has 0 radical (unpaired) electrons. The Kier molecular flexibility index (Phi) is 5.83. The number of carbonyl (C=O) groups is 4. The maximum Gasteiger partial charge on any atom is 0.407 e. The van der Waals surface area contributed by atoms with E-state index in [1.165, 1.54) is 11.8 Å². The van der Waals surface area contributed by atoms with Crippen molar-refractivity contribution in [2.75, 3.05) is 19.6 Å². The fourth-order valence-corrected chi connectivity index (χ4v) is 3.34. The topological polar surface area (TPSA) is 153 Å². The van der Waals surface area contributed by atoms with Gasteiger partial charge in [-0.25, -0.2) is 4.79 Å². The van der Waals surface area contributed by atoms with Crippen LogP contribution in [0.4, 0.5) is 4.79 Å². The van der Waals surface area contributed by atoms with Crippen molar-refractivity contribution in [2.45, 2.75) is 44.4 Å². The van der Waals surface area contributed by atoms with Crippen molar-refractivity contribution in [2.24, 2.45) is 11.7 Å². The fraction of sp³-hybridized carbons (Fsp3) is 0.733. The van der Waals surface area contributed by atoms with Crippen LogP contribution in [0.5, 0.6) is 0 Å². The van der Waals surface area contributed by atoms with Crippen molar-refractivity contribution in [3.05, 3.63) is 0 Å². The lowest BCUT2D eigenvalue weighted by Crippen LogP contribution is -2.52. The van der Waals surface area contributed by atoms with Crippen LogP contribution in [0, 0.1) is 5.92 Å². The van der Waals surface area contributed by atoms with Crippen LogP contribution in [0.3, 0.4) is 0 Å². The van der Waals surface area contributed by atoms with E-state index in [2.05, 4.69) is 5.32 Å². The first-order valence-electron chi connectivity index (χ1n) is 8.28. The molecule has 0 aromatic heterocycles. The van der Waals surface area contributed by atoms with Gasteiger partial charge in [0.25, 0.3) is 0 Å². The van der Waals surface area contributed by atoms with Gasteiger partial charge < -0.3 is 26.2 Å². The predicted molar refractivity (Wildman–Crippen MR) is 85.2 cm³/mol. The Hall–Kier alpha value is -2.36. The third-order valence-corrected chi connectivity index (χ3v) is 4.74. The molecule has 5 N–H and O–H groups in total. The average molecular weight is 356 g/mol. The normalized spacial score (nSPS) is 25.5. The fourth-order valence-electron chi connectivity index (χ4n) is 3.34. The Bertz CT molecular complexity index is 566. The van der Waals surface area contributed by atoms with Crippen LogP contribution in [-0.2, 0) is 14.4 Å². The molecule has 0 aromatic carbocycles. The summed E-state index contributed by atoms with van der Waals surface area (Å²) < 4.78 is 0. The summed E-state index contributed by atoms with van der Waals surface area (Å²) in [6.07, 6.45) is -0.726. The first kappa shape index (κ1) is 19.0. The monoisotopic (exact) mass is 356 g/mol. The van der Waals surface area contributed by atoms with Crippen LogP contribution in [0.25, 0.3) is 0 Å². The van der Waals surface area contributed by atoms with Crippen LogP contribution in [-0.4, -0.2) is 81.6 Å². The minimum atomic E-state index is -1.19. The molecule has 4 atom stereocenters. The smallest absolute Gasteiger partial charge is 0.407 e. The third-order valence-electron chi connectivity index (χ3n) is 4.74. The highest BCUT2D eigenvalue weighted by atomic mass is 16.4. The van der Waals surface area contributed by atoms with E-state index in [4.69, 9.17) is 10.8 Å². The number of aliphatic hydroxyl groups is 1. The predicted octanol–water partition coefficient (Wildman–Crippen LogP) is -1.67. The second-order valence-electron chi connectivity index (χ2n) is 6.53. The number of likely N-dealkylation sites (tertiary alicyclic amines) is 2. The zero-order chi connectivity index (χ0) is 18.7. The van der Waals surface area contributed by atoms with Crippen LogP contribution >= 0.6 is 0 Å². The summed E-state index contributed by atoms with van der Waals surface area (Å²) in [5.74, 6) is -2.11. The van der Waals surface area contributed by atoms with E-state index in [0.717, 1.165) is 4.90 Å². The minimum absolute atomic E-state index is 0.153. The molecular formula is C15H24N4O6. The largest absolute Gasteiger partial charge is 0.465 e. The highest BCUT2D eigenvalue weighted by Gasteiger charge is 2.40. The van der Waals surface area contributed by atoms with Crippen molar-refractivity contribution in [1.82, 2.24) is 15.1 Å². The summed E-state index contributed by atoms with van der Waals surface area (Å²) in [5.41, 5.74) is 5.15. The third kappa shape index (κ3) is 4.19. The lowest BCUT2D eigenvalue weighted by atomic mass is 10.1. The van der Waals surface area contributed by atoms with Crippen LogP contribution in [0.1, 0.15) is 26.2 Å². The zero-order valence-electron chi connectivity index (χ0n) is 14.1. The van der Waals surface area contributed by atoms with Gasteiger partial charge in [0, 0.05) is 19.6 Å². The maximum absolute atomic E-state index is 12.5. The summed E-state index contributed by atoms with van der Waals surface area (Å²) in [6, 6.07) is -1.88. The summed E-state index contributed by atoms with van der Waals surface area (Å²) in [4.78, 5) is 49.8. The molecule has 2 fully saturated rings. The zero-order valence-corrected chi connectivity index (χ0v) is 14.1. The SMILES string of the molecule is C[C@@H](O)[C@H](NC(=O)[C@H]1CCN(C(=O)[C@H]2CCCN2C(=O)O)C1)C(N)=O.